The third-order valence-electron chi connectivity index (χ3n) is 4.87. The maximum Gasteiger partial charge on any atom is 0.0217 e. The van der Waals surface area contributed by atoms with E-state index in [1.807, 2.05) is 0 Å². The summed E-state index contributed by atoms with van der Waals surface area (Å²) in [6.07, 6.45) is 6.87. The molecule has 2 saturated heterocycles. The van der Waals surface area contributed by atoms with Crippen LogP contribution in [0.15, 0.2) is 0 Å². The fourth-order valence-corrected chi connectivity index (χ4v) is 3.54. The van der Waals surface area contributed by atoms with E-state index in [2.05, 4.69) is 36.1 Å². The second-order valence-corrected chi connectivity index (χ2v) is 6.47. The molecule has 0 saturated carbocycles. The summed E-state index contributed by atoms with van der Waals surface area (Å²) in [4.78, 5) is 5.08. The Morgan fingerprint density at radius 1 is 1.28 bits per heavy atom. The lowest BCUT2D eigenvalue weighted by atomic mass is 9.90. The van der Waals surface area contributed by atoms with Crippen LogP contribution in [0.5, 0.6) is 0 Å². The summed E-state index contributed by atoms with van der Waals surface area (Å²) in [5.74, 6) is 0.964. The van der Waals surface area contributed by atoms with E-state index in [1.54, 1.807) is 0 Å². The largest absolute Gasteiger partial charge is 0.313 e. The molecule has 0 radical (unpaired) electrons. The van der Waals surface area contributed by atoms with Crippen LogP contribution in [-0.4, -0.2) is 62.2 Å². The Hall–Kier alpha value is -0.120. The van der Waals surface area contributed by atoms with E-state index in [0.29, 0.717) is 0 Å². The zero-order valence-corrected chi connectivity index (χ0v) is 12.5. The van der Waals surface area contributed by atoms with Gasteiger partial charge in [-0.1, -0.05) is 13.3 Å². The Kier molecular flexibility index (Phi) is 5.46. The third-order valence-corrected chi connectivity index (χ3v) is 4.87. The molecule has 2 fully saturated rings. The minimum Gasteiger partial charge on any atom is -0.313 e. The minimum absolute atomic E-state index is 0.740. The fraction of sp³-hybridized carbons (Fsp3) is 1.00. The molecule has 106 valence electrons. The van der Waals surface area contributed by atoms with Gasteiger partial charge >= 0.3 is 0 Å². The summed E-state index contributed by atoms with van der Waals surface area (Å²) in [6, 6.07) is 1.51. The van der Waals surface area contributed by atoms with Gasteiger partial charge in [0.2, 0.25) is 0 Å². The first-order chi connectivity index (χ1) is 8.69. The van der Waals surface area contributed by atoms with Crippen LogP contribution in [0.2, 0.25) is 0 Å². The Labute approximate surface area is 113 Å². The van der Waals surface area contributed by atoms with Crippen molar-refractivity contribution in [3.8, 4) is 0 Å². The molecule has 3 nitrogen and oxygen atoms in total. The Morgan fingerprint density at radius 2 is 2.11 bits per heavy atom. The van der Waals surface area contributed by atoms with Gasteiger partial charge in [0.1, 0.15) is 0 Å². The van der Waals surface area contributed by atoms with E-state index in [4.69, 9.17) is 0 Å². The van der Waals surface area contributed by atoms with Crippen LogP contribution in [0.1, 0.15) is 39.0 Å². The number of nitrogens with zero attached hydrogens (tertiary/aromatic N) is 2. The Balaban J connectivity index is 1.78. The molecule has 3 heteroatoms. The summed E-state index contributed by atoms with van der Waals surface area (Å²) < 4.78 is 0. The van der Waals surface area contributed by atoms with Crippen molar-refractivity contribution in [2.45, 2.75) is 51.1 Å². The number of hydrogen-bond acceptors (Lipinski definition) is 3. The molecule has 1 N–H and O–H groups in total. The van der Waals surface area contributed by atoms with Gasteiger partial charge in [-0.15, -0.1) is 0 Å². The molecule has 0 aromatic heterocycles. The van der Waals surface area contributed by atoms with Crippen molar-refractivity contribution >= 4 is 0 Å². The molecule has 0 amide bonds. The number of likely N-dealkylation sites (N-methyl/N-ethyl adjacent to an activating group) is 1. The predicted octanol–water partition coefficient (Wildman–Crippen LogP) is 1.79. The summed E-state index contributed by atoms with van der Waals surface area (Å²) in [6.45, 7) is 7.41. The van der Waals surface area contributed by atoms with E-state index in [0.717, 1.165) is 18.0 Å². The van der Waals surface area contributed by atoms with Crippen molar-refractivity contribution in [1.29, 1.82) is 0 Å². The monoisotopic (exact) mass is 253 g/mol. The highest BCUT2D eigenvalue weighted by atomic mass is 15.2. The molecule has 2 rings (SSSR count). The van der Waals surface area contributed by atoms with Gasteiger partial charge in [-0.05, 0) is 58.8 Å². The maximum absolute atomic E-state index is 3.72. The molecular weight excluding hydrogens is 222 g/mol. The van der Waals surface area contributed by atoms with Crippen LogP contribution in [0, 0.1) is 5.92 Å². The highest BCUT2D eigenvalue weighted by molar-refractivity contribution is 4.84. The molecule has 3 unspecified atom stereocenters. The van der Waals surface area contributed by atoms with Gasteiger partial charge in [-0.3, -0.25) is 0 Å². The van der Waals surface area contributed by atoms with E-state index >= 15 is 0 Å². The van der Waals surface area contributed by atoms with Crippen LogP contribution in [0.25, 0.3) is 0 Å². The van der Waals surface area contributed by atoms with Gasteiger partial charge in [-0.25, -0.2) is 0 Å². The molecular formula is C15H31N3. The SMILES string of the molecule is CCC1CCNC(CN2CCCC(N(C)C)C2)C1. The first-order valence-corrected chi connectivity index (χ1v) is 7.81. The number of rotatable bonds is 4. The first-order valence-electron chi connectivity index (χ1n) is 7.81. The topological polar surface area (TPSA) is 18.5 Å². The van der Waals surface area contributed by atoms with E-state index in [9.17, 15) is 0 Å². The molecule has 18 heavy (non-hydrogen) atoms. The van der Waals surface area contributed by atoms with E-state index in [-0.39, 0.29) is 0 Å². The van der Waals surface area contributed by atoms with Gasteiger partial charge in [0.05, 0.1) is 0 Å². The summed E-state index contributed by atoms with van der Waals surface area (Å²) in [5.41, 5.74) is 0. The lowest BCUT2D eigenvalue weighted by Gasteiger charge is -2.39. The highest BCUT2D eigenvalue weighted by Gasteiger charge is 2.26. The van der Waals surface area contributed by atoms with Crippen molar-refractivity contribution in [3.05, 3.63) is 0 Å². The second-order valence-electron chi connectivity index (χ2n) is 6.47. The molecule has 3 atom stereocenters. The van der Waals surface area contributed by atoms with Crippen LogP contribution in [-0.2, 0) is 0 Å². The molecule has 0 bridgehead atoms. The summed E-state index contributed by atoms with van der Waals surface area (Å²) >= 11 is 0. The lowest BCUT2D eigenvalue weighted by molar-refractivity contribution is 0.114. The summed E-state index contributed by atoms with van der Waals surface area (Å²) in [7, 11) is 4.44. The number of nitrogens with one attached hydrogen (secondary N) is 1. The summed E-state index contributed by atoms with van der Waals surface area (Å²) in [5, 5.41) is 3.72. The molecule has 0 aliphatic carbocycles. The molecule has 2 aliphatic heterocycles. The second kappa shape index (κ2) is 6.88. The molecule has 0 aromatic rings. The zero-order chi connectivity index (χ0) is 13.0. The average Bonchev–Trinajstić information content (AvgIpc) is 2.39. The first kappa shape index (κ1) is 14.3. The molecule has 0 aromatic carbocycles. The predicted molar refractivity (Wildman–Crippen MR) is 78.0 cm³/mol. The fourth-order valence-electron chi connectivity index (χ4n) is 3.54. The van der Waals surface area contributed by atoms with Gasteiger partial charge in [0.25, 0.3) is 0 Å². The number of hydrogen-bond donors (Lipinski definition) is 1. The van der Waals surface area contributed by atoms with E-state index in [1.165, 1.54) is 58.3 Å². The van der Waals surface area contributed by atoms with Crippen molar-refractivity contribution in [1.82, 2.24) is 15.1 Å². The maximum atomic E-state index is 3.72. The van der Waals surface area contributed by atoms with Crippen molar-refractivity contribution < 1.29 is 0 Å². The average molecular weight is 253 g/mol. The van der Waals surface area contributed by atoms with Gasteiger partial charge in [-0.2, -0.15) is 0 Å². The molecule has 2 heterocycles. The van der Waals surface area contributed by atoms with Crippen LogP contribution in [0.4, 0.5) is 0 Å². The normalized spacial score (nSPS) is 35.0. The zero-order valence-electron chi connectivity index (χ0n) is 12.5. The van der Waals surface area contributed by atoms with Crippen LogP contribution in [0.3, 0.4) is 0 Å². The third kappa shape index (κ3) is 3.94. The smallest absolute Gasteiger partial charge is 0.0217 e. The van der Waals surface area contributed by atoms with Crippen LogP contribution < -0.4 is 5.32 Å². The molecule has 0 spiro atoms. The quantitative estimate of drug-likeness (QED) is 0.824. The standard InChI is InChI=1S/C15H31N3/c1-4-13-7-8-16-14(10-13)11-18-9-5-6-15(12-18)17(2)3/h13-16H,4-12H2,1-3H3. The lowest BCUT2D eigenvalue weighted by Crippen LogP contribution is -2.51. The minimum atomic E-state index is 0.740. The highest BCUT2D eigenvalue weighted by Crippen LogP contribution is 2.21. The van der Waals surface area contributed by atoms with Crippen LogP contribution >= 0.6 is 0 Å². The van der Waals surface area contributed by atoms with Crippen molar-refractivity contribution in [2.24, 2.45) is 5.92 Å². The van der Waals surface area contributed by atoms with Crippen molar-refractivity contribution in [2.75, 3.05) is 40.3 Å². The Morgan fingerprint density at radius 3 is 2.83 bits per heavy atom. The van der Waals surface area contributed by atoms with Crippen molar-refractivity contribution in [3.63, 3.8) is 0 Å². The van der Waals surface area contributed by atoms with E-state index < -0.39 is 0 Å². The van der Waals surface area contributed by atoms with Gasteiger partial charge in [0.15, 0.2) is 0 Å². The molecule has 2 aliphatic rings. The number of likely N-dealkylation sites (tertiary alicyclic amines) is 1. The number of piperidine rings is 2. The van der Waals surface area contributed by atoms with Gasteiger partial charge in [0, 0.05) is 25.2 Å². The van der Waals surface area contributed by atoms with Gasteiger partial charge < -0.3 is 15.1 Å². The Bertz CT molecular complexity index is 242.